The van der Waals surface area contributed by atoms with Crippen molar-refractivity contribution in [1.82, 2.24) is 19.7 Å². The Balaban J connectivity index is 2.03. The van der Waals surface area contributed by atoms with Crippen molar-refractivity contribution < 1.29 is 0 Å². The van der Waals surface area contributed by atoms with Crippen molar-refractivity contribution in [2.75, 3.05) is 13.1 Å². The van der Waals surface area contributed by atoms with E-state index in [1.807, 2.05) is 12.7 Å². The molecule has 0 atom stereocenters. The first-order valence-corrected chi connectivity index (χ1v) is 5.71. The molecule has 84 valence electrons. The molecule has 2 heterocycles. The second-order valence-corrected chi connectivity index (χ2v) is 5.00. The molecule has 4 nitrogen and oxygen atoms in total. The molecule has 0 bridgehead atoms. The minimum Gasteiger partial charge on any atom is -0.314 e. The number of hydrogen-bond acceptors (Lipinski definition) is 3. The highest BCUT2D eigenvalue weighted by Gasteiger charge is 2.32. The highest BCUT2D eigenvalue weighted by atomic mass is 15.3. The summed E-state index contributed by atoms with van der Waals surface area (Å²) in [4.78, 5) is 2.53. The van der Waals surface area contributed by atoms with Gasteiger partial charge in [-0.3, -0.25) is 0 Å². The molecule has 0 amide bonds. The lowest BCUT2D eigenvalue weighted by Crippen LogP contribution is -2.46. The van der Waals surface area contributed by atoms with Crippen LogP contribution in [0.3, 0.4) is 0 Å². The molecular weight excluding hydrogens is 188 g/mol. The molecule has 1 saturated heterocycles. The van der Waals surface area contributed by atoms with Crippen LogP contribution in [-0.2, 0) is 5.54 Å². The molecule has 0 radical (unpaired) electrons. The maximum Gasteiger partial charge on any atom is 0.119 e. The topological polar surface area (TPSA) is 34.0 Å². The summed E-state index contributed by atoms with van der Waals surface area (Å²) in [6.45, 7) is 9.18. The van der Waals surface area contributed by atoms with Crippen molar-refractivity contribution in [3.63, 3.8) is 0 Å². The van der Waals surface area contributed by atoms with Gasteiger partial charge in [0.2, 0.25) is 0 Å². The largest absolute Gasteiger partial charge is 0.314 e. The molecule has 0 spiro atoms. The van der Waals surface area contributed by atoms with E-state index < -0.39 is 0 Å². The average molecular weight is 208 g/mol. The predicted octanol–water partition coefficient (Wildman–Crippen LogP) is 1.50. The Kier molecular flexibility index (Phi) is 2.78. The maximum absolute atomic E-state index is 3.90. The lowest BCUT2D eigenvalue weighted by atomic mass is 9.89. The zero-order valence-corrected chi connectivity index (χ0v) is 9.85. The minimum atomic E-state index is 0.217. The first-order valence-electron chi connectivity index (χ1n) is 5.71. The van der Waals surface area contributed by atoms with Crippen LogP contribution in [-0.4, -0.2) is 38.8 Å². The molecule has 15 heavy (non-hydrogen) atoms. The molecule has 4 heteroatoms. The molecule has 2 rings (SSSR count). The van der Waals surface area contributed by atoms with Gasteiger partial charge in [0.1, 0.15) is 12.7 Å². The Morgan fingerprint density at radius 2 is 1.67 bits per heavy atom. The lowest BCUT2D eigenvalue weighted by Gasteiger charge is -2.41. The van der Waals surface area contributed by atoms with Gasteiger partial charge in [0.05, 0.1) is 0 Å². The molecule has 0 aliphatic carbocycles. The van der Waals surface area contributed by atoms with E-state index in [0.29, 0.717) is 6.04 Å². The molecular formula is C11H20N4. The summed E-state index contributed by atoms with van der Waals surface area (Å²) in [5.41, 5.74) is 0.217. The van der Waals surface area contributed by atoms with Crippen molar-refractivity contribution in [3.8, 4) is 0 Å². The summed E-state index contributed by atoms with van der Waals surface area (Å²) in [7, 11) is 0. The Hall–Kier alpha value is -0.900. The van der Waals surface area contributed by atoms with Gasteiger partial charge in [-0.1, -0.05) is 0 Å². The molecule has 0 aromatic carbocycles. The first-order chi connectivity index (χ1) is 7.12. The Morgan fingerprint density at radius 1 is 1.13 bits per heavy atom. The van der Waals surface area contributed by atoms with E-state index in [1.54, 1.807) is 0 Å². The normalized spacial score (nSPS) is 22.1. The fraction of sp³-hybridized carbons (Fsp3) is 0.818. The van der Waals surface area contributed by atoms with Gasteiger partial charge in [0.15, 0.2) is 0 Å². The second-order valence-electron chi connectivity index (χ2n) is 5.00. The SMILES string of the molecule is CC(C)N1CCC(C)(n2cnnc2)CC1. The molecule has 0 N–H and O–H groups in total. The monoisotopic (exact) mass is 208 g/mol. The predicted molar refractivity (Wildman–Crippen MR) is 59.6 cm³/mol. The standard InChI is InChI=1S/C11H20N4/c1-10(2)14-6-4-11(3,5-7-14)15-8-12-13-9-15/h8-10H,4-7H2,1-3H3. The highest BCUT2D eigenvalue weighted by Crippen LogP contribution is 2.29. The quantitative estimate of drug-likeness (QED) is 0.738. The number of piperidine rings is 1. The molecule has 1 aromatic heterocycles. The third-order valence-electron chi connectivity index (χ3n) is 3.65. The number of rotatable bonds is 2. The van der Waals surface area contributed by atoms with Gasteiger partial charge in [-0.2, -0.15) is 0 Å². The number of hydrogen-bond donors (Lipinski definition) is 0. The van der Waals surface area contributed by atoms with Crippen LogP contribution in [0.5, 0.6) is 0 Å². The maximum atomic E-state index is 3.90. The van der Waals surface area contributed by atoms with Crippen molar-refractivity contribution >= 4 is 0 Å². The summed E-state index contributed by atoms with van der Waals surface area (Å²) in [5, 5.41) is 7.79. The van der Waals surface area contributed by atoms with Crippen LogP contribution in [0.4, 0.5) is 0 Å². The van der Waals surface area contributed by atoms with Crippen molar-refractivity contribution in [2.24, 2.45) is 0 Å². The molecule has 0 unspecified atom stereocenters. The summed E-state index contributed by atoms with van der Waals surface area (Å²) in [6.07, 6.45) is 6.04. The second kappa shape index (κ2) is 3.93. The molecule has 1 aliphatic rings. The summed E-state index contributed by atoms with van der Waals surface area (Å²) < 4.78 is 2.16. The van der Waals surface area contributed by atoms with Crippen LogP contribution >= 0.6 is 0 Å². The number of nitrogens with zero attached hydrogens (tertiary/aromatic N) is 4. The minimum absolute atomic E-state index is 0.217. The summed E-state index contributed by atoms with van der Waals surface area (Å²) in [6, 6.07) is 0.662. The van der Waals surface area contributed by atoms with Gasteiger partial charge in [0, 0.05) is 24.7 Å². The fourth-order valence-electron chi connectivity index (χ4n) is 2.26. The van der Waals surface area contributed by atoms with E-state index in [2.05, 4.69) is 40.4 Å². The van der Waals surface area contributed by atoms with Gasteiger partial charge in [-0.05, 0) is 33.6 Å². The summed E-state index contributed by atoms with van der Waals surface area (Å²) >= 11 is 0. The molecule has 1 aromatic rings. The Bertz CT molecular complexity index is 296. The van der Waals surface area contributed by atoms with Crippen molar-refractivity contribution in [2.45, 2.75) is 45.2 Å². The highest BCUT2D eigenvalue weighted by molar-refractivity contribution is 4.90. The van der Waals surface area contributed by atoms with Crippen LogP contribution < -0.4 is 0 Å². The van der Waals surface area contributed by atoms with Crippen LogP contribution in [0.15, 0.2) is 12.7 Å². The van der Waals surface area contributed by atoms with Crippen LogP contribution in [0.1, 0.15) is 33.6 Å². The van der Waals surface area contributed by atoms with Crippen LogP contribution in [0.2, 0.25) is 0 Å². The van der Waals surface area contributed by atoms with E-state index in [-0.39, 0.29) is 5.54 Å². The van der Waals surface area contributed by atoms with E-state index in [4.69, 9.17) is 0 Å². The van der Waals surface area contributed by atoms with Gasteiger partial charge in [-0.25, -0.2) is 0 Å². The zero-order valence-electron chi connectivity index (χ0n) is 9.85. The number of likely N-dealkylation sites (tertiary alicyclic amines) is 1. The smallest absolute Gasteiger partial charge is 0.119 e. The van der Waals surface area contributed by atoms with E-state index in [0.717, 1.165) is 0 Å². The van der Waals surface area contributed by atoms with Crippen LogP contribution in [0, 0.1) is 0 Å². The molecule has 1 aliphatic heterocycles. The zero-order chi connectivity index (χ0) is 10.9. The van der Waals surface area contributed by atoms with Gasteiger partial charge in [-0.15, -0.1) is 10.2 Å². The molecule has 1 fully saturated rings. The Labute approximate surface area is 91.3 Å². The van der Waals surface area contributed by atoms with Crippen LogP contribution in [0.25, 0.3) is 0 Å². The average Bonchev–Trinajstić information content (AvgIpc) is 2.71. The number of aromatic nitrogens is 3. The van der Waals surface area contributed by atoms with Crippen molar-refractivity contribution in [3.05, 3.63) is 12.7 Å². The first kappa shape index (κ1) is 10.6. The van der Waals surface area contributed by atoms with E-state index >= 15 is 0 Å². The van der Waals surface area contributed by atoms with Crippen molar-refractivity contribution in [1.29, 1.82) is 0 Å². The van der Waals surface area contributed by atoms with E-state index in [9.17, 15) is 0 Å². The summed E-state index contributed by atoms with van der Waals surface area (Å²) in [5.74, 6) is 0. The third-order valence-corrected chi connectivity index (χ3v) is 3.65. The molecule has 0 saturated carbocycles. The van der Waals surface area contributed by atoms with Gasteiger partial charge in [0.25, 0.3) is 0 Å². The van der Waals surface area contributed by atoms with Gasteiger partial charge >= 0.3 is 0 Å². The lowest BCUT2D eigenvalue weighted by molar-refractivity contribution is 0.100. The third kappa shape index (κ3) is 2.04. The fourth-order valence-corrected chi connectivity index (χ4v) is 2.26. The van der Waals surface area contributed by atoms with Gasteiger partial charge < -0.3 is 9.47 Å². The van der Waals surface area contributed by atoms with E-state index in [1.165, 1.54) is 25.9 Å². The Morgan fingerprint density at radius 3 is 2.13 bits per heavy atom.